The summed E-state index contributed by atoms with van der Waals surface area (Å²) in [7, 11) is 1.44. The number of para-hydroxylation sites is 1. The number of nitrogens with zero attached hydrogens (tertiary/aromatic N) is 1. The standard InChI is InChI=1S/C13H16ClNO2/c1-17-13(16)10-5-4-8-15(9-10)12-7-3-2-6-11(12)14/h2-3,6-7,10H,4-5,8-9H2,1H3. The van der Waals surface area contributed by atoms with Crippen LogP contribution in [0.25, 0.3) is 0 Å². The normalized spacial score (nSPS) is 20.1. The number of benzene rings is 1. The van der Waals surface area contributed by atoms with Gasteiger partial charge in [0, 0.05) is 13.1 Å². The van der Waals surface area contributed by atoms with Crippen molar-refractivity contribution in [3.05, 3.63) is 29.3 Å². The minimum absolute atomic E-state index is 0.0370. The van der Waals surface area contributed by atoms with Gasteiger partial charge < -0.3 is 9.64 Å². The second kappa shape index (κ2) is 5.41. The number of piperidine rings is 1. The summed E-state index contributed by atoms with van der Waals surface area (Å²) in [6.07, 6.45) is 1.89. The Morgan fingerprint density at radius 2 is 2.24 bits per heavy atom. The molecule has 1 aliphatic rings. The van der Waals surface area contributed by atoms with Crippen molar-refractivity contribution in [3.63, 3.8) is 0 Å². The zero-order chi connectivity index (χ0) is 12.3. The molecule has 92 valence electrons. The van der Waals surface area contributed by atoms with Crippen LogP contribution < -0.4 is 4.90 Å². The Labute approximate surface area is 106 Å². The van der Waals surface area contributed by atoms with E-state index < -0.39 is 0 Å². The summed E-state index contributed by atoms with van der Waals surface area (Å²) in [5.41, 5.74) is 1.00. The maximum Gasteiger partial charge on any atom is 0.310 e. The van der Waals surface area contributed by atoms with Crippen molar-refractivity contribution in [3.8, 4) is 0 Å². The Bertz CT molecular complexity index is 408. The smallest absolute Gasteiger partial charge is 0.310 e. The Balaban J connectivity index is 2.12. The van der Waals surface area contributed by atoms with Gasteiger partial charge in [0.05, 0.1) is 23.7 Å². The fourth-order valence-electron chi connectivity index (χ4n) is 2.26. The number of anilines is 1. The van der Waals surface area contributed by atoms with E-state index in [0.717, 1.165) is 30.1 Å². The Hall–Kier alpha value is -1.22. The molecule has 4 heteroatoms. The highest BCUT2D eigenvalue weighted by Gasteiger charge is 2.27. The minimum Gasteiger partial charge on any atom is -0.469 e. The summed E-state index contributed by atoms with van der Waals surface area (Å²) in [6.45, 7) is 1.63. The zero-order valence-electron chi connectivity index (χ0n) is 9.86. The number of ether oxygens (including phenoxy) is 1. The van der Waals surface area contributed by atoms with Gasteiger partial charge in [-0.05, 0) is 25.0 Å². The number of carbonyl (C=O) groups excluding carboxylic acids is 1. The van der Waals surface area contributed by atoms with E-state index in [1.807, 2.05) is 24.3 Å². The molecule has 1 saturated heterocycles. The first-order chi connectivity index (χ1) is 8.22. The lowest BCUT2D eigenvalue weighted by Crippen LogP contribution is -2.39. The van der Waals surface area contributed by atoms with E-state index in [1.54, 1.807) is 0 Å². The summed E-state index contributed by atoms with van der Waals surface area (Å²) < 4.78 is 4.81. The predicted molar refractivity (Wildman–Crippen MR) is 68.4 cm³/mol. The minimum atomic E-state index is -0.123. The maximum absolute atomic E-state index is 11.5. The molecule has 1 atom stereocenters. The van der Waals surface area contributed by atoms with E-state index in [4.69, 9.17) is 16.3 Å². The van der Waals surface area contributed by atoms with E-state index in [-0.39, 0.29) is 11.9 Å². The second-order valence-corrected chi connectivity index (χ2v) is 4.67. The van der Waals surface area contributed by atoms with Crippen LogP contribution in [-0.2, 0) is 9.53 Å². The van der Waals surface area contributed by atoms with Crippen LogP contribution in [0.2, 0.25) is 5.02 Å². The summed E-state index contributed by atoms with van der Waals surface area (Å²) >= 11 is 6.16. The van der Waals surface area contributed by atoms with Gasteiger partial charge in [0.1, 0.15) is 0 Å². The first kappa shape index (κ1) is 12.2. The quantitative estimate of drug-likeness (QED) is 0.759. The number of methoxy groups -OCH3 is 1. The summed E-state index contributed by atoms with van der Waals surface area (Å²) in [4.78, 5) is 13.7. The van der Waals surface area contributed by atoms with Crippen LogP contribution >= 0.6 is 11.6 Å². The van der Waals surface area contributed by atoms with E-state index in [9.17, 15) is 4.79 Å². The average Bonchev–Trinajstić information content (AvgIpc) is 2.38. The van der Waals surface area contributed by atoms with Crippen molar-refractivity contribution in [2.45, 2.75) is 12.8 Å². The Morgan fingerprint density at radius 3 is 2.94 bits per heavy atom. The molecular weight excluding hydrogens is 238 g/mol. The number of halogens is 1. The van der Waals surface area contributed by atoms with Gasteiger partial charge in [-0.3, -0.25) is 4.79 Å². The number of rotatable bonds is 2. The van der Waals surface area contributed by atoms with Gasteiger partial charge in [0.15, 0.2) is 0 Å². The molecule has 0 radical (unpaired) electrons. The third-order valence-electron chi connectivity index (χ3n) is 3.15. The van der Waals surface area contributed by atoms with Crippen LogP contribution in [0.1, 0.15) is 12.8 Å². The maximum atomic E-state index is 11.5. The number of esters is 1. The molecule has 0 amide bonds. The highest BCUT2D eigenvalue weighted by molar-refractivity contribution is 6.33. The topological polar surface area (TPSA) is 29.5 Å². The molecule has 0 bridgehead atoms. The molecule has 17 heavy (non-hydrogen) atoms. The lowest BCUT2D eigenvalue weighted by atomic mass is 9.98. The fraction of sp³-hybridized carbons (Fsp3) is 0.462. The molecule has 2 rings (SSSR count). The summed E-state index contributed by atoms with van der Waals surface area (Å²) in [5, 5.41) is 0.734. The van der Waals surface area contributed by atoms with Crippen LogP contribution in [0.5, 0.6) is 0 Å². The number of hydrogen-bond acceptors (Lipinski definition) is 3. The second-order valence-electron chi connectivity index (χ2n) is 4.26. The number of carbonyl (C=O) groups is 1. The summed E-state index contributed by atoms with van der Waals surface area (Å²) in [5.74, 6) is -0.160. The summed E-state index contributed by atoms with van der Waals surface area (Å²) in [6, 6.07) is 7.73. The Kier molecular flexibility index (Phi) is 3.89. The van der Waals surface area contributed by atoms with Crippen molar-refractivity contribution in [1.82, 2.24) is 0 Å². The molecule has 1 unspecified atom stereocenters. The monoisotopic (exact) mass is 253 g/mol. The molecule has 0 aliphatic carbocycles. The van der Waals surface area contributed by atoms with Crippen molar-refractivity contribution < 1.29 is 9.53 Å². The van der Waals surface area contributed by atoms with Crippen molar-refractivity contribution in [2.24, 2.45) is 5.92 Å². The van der Waals surface area contributed by atoms with Crippen molar-refractivity contribution in [1.29, 1.82) is 0 Å². The molecule has 0 spiro atoms. The van der Waals surface area contributed by atoms with Crippen LogP contribution in [0.4, 0.5) is 5.69 Å². The molecule has 0 saturated carbocycles. The Morgan fingerprint density at radius 1 is 1.47 bits per heavy atom. The van der Waals surface area contributed by atoms with Gasteiger partial charge >= 0.3 is 5.97 Å². The highest BCUT2D eigenvalue weighted by atomic mass is 35.5. The van der Waals surface area contributed by atoms with Gasteiger partial charge in [0.2, 0.25) is 0 Å². The fourth-order valence-corrected chi connectivity index (χ4v) is 2.52. The van der Waals surface area contributed by atoms with E-state index in [1.165, 1.54) is 7.11 Å². The molecule has 0 N–H and O–H groups in total. The van der Waals surface area contributed by atoms with Crippen LogP contribution in [-0.4, -0.2) is 26.2 Å². The highest BCUT2D eigenvalue weighted by Crippen LogP contribution is 2.29. The SMILES string of the molecule is COC(=O)C1CCCN(c2ccccc2Cl)C1. The van der Waals surface area contributed by atoms with Crippen molar-refractivity contribution >= 4 is 23.3 Å². The third-order valence-corrected chi connectivity index (χ3v) is 3.47. The molecule has 3 nitrogen and oxygen atoms in total. The first-order valence-corrected chi connectivity index (χ1v) is 6.17. The molecule has 1 aromatic rings. The lowest BCUT2D eigenvalue weighted by Gasteiger charge is -2.33. The predicted octanol–water partition coefficient (Wildman–Crippen LogP) is 2.73. The first-order valence-electron chi connectivity index (χ1n) is 5.79. The zero-order valence-corrected chi connectivity index (χ0v) is 10.6. The largest absolute Gasteiger partial charge is 0.469 e. The van der Waals surface area contributed by atoms with E-state index in [2.05, 4.69) is 4.90 Å². The molecular formula is C13H16ClNO2. The molecule has 1 aliphatic heterocycles. The van der Waals surface area contributed by atoms with Crippen molar-refractivity contribution in [2.75, 3.05) is 25.1 Å². The lowest BCUT2D eigenvalue weighted by molar-refractivity contribution is -0.145. The third kappa shape index (κ3) is 2.72. The van der Waals surface area contributed by atoms with Gasteiger partial charge in [-0.15, -0.1) is 0 Å². The van der Waals surface area contributed by atoms with Crippen LogP contribution in [0.3, 0.4) is 0 Å². The van der Waals surface area contributed by atoms with E-state index >= 15 is 0 Å². The van der Waals surface area contributed by atoms with Gasteiger partial charge in [-0.1, -0.05) is 23.7 Å². The van der Waals surface area contributed by atoms with Crippen LogP contribution in [0, 0.1) is 5.92 Å². The molecule has 1 aromatic carbocycles. The van der Waals surface area contributed by atoms with Gasteiger partial charge in [-0.2, -0.15) is 0 Å². The number of hydrogen-bond donors (Lipinski definition) is 0. The molecule has 0 aromatic heterocycles. The van der Waals surface area contributed by atoms with Gasteiger partial charge in [0.25, 0.3) is 0 Å². The van der Waals surface area contributed by atoms with Crippen LogP contribution in [0.15, 0.2) is 24.3 Å². The van der Waals surface area contributed by atoms with E-state index in [0.29, 0.717) is 6.54 Å². The van der Waals surface area contributed by atoms with Gasteiger partial charge in [-0.25, -0.2) is 0 Å². The average molecular weight is 254 g/mol. The molecule has 1 fully saturated rings. The molecule has 1 heterocycles.